The van der Waals surface area contributed by atoms with Crippen LogP contribution >= 0.6 is 0 Å². The molecule has 0 spiro atoms. The number of hydrogen-bond acceptors (Lipinski definition) is 4. The second-order valence-electron chi connectivity index (χ2n) is 3.17. The van der Waals surface area contributed by atoms with Crippen molar-refractivity contribution in [2.45, 2.75) is 6.92 Å². The molecule has 6 nitrogen and oxygen atoms in total. The molecular weight excluding hydrogens is 224 g/mol. The highest BCUT2D eigenvalue weighted by molar-refractivity contribution is 5.91. The van der Waals surface area contributed by atoms with Gasteiger partial charge in [0.15, 0.2) is 6.61 Å². The van der Waals surface area contributed by atoms with Gasteiger partial charge in [0.2, 0.25) is 5.91 Å². The lowest BCUT2D eigenvalue weighted by molar-refractivity contribution is -0.129. The van der Waals surface area contributed by atoms with Crippen LogP contribution in [0.2, 0.25) is 0 Å². The van der Waals surface area contributed by atoms with Gasteiger partial charge < -0.3 is 4.74 Å². The van der Waals surface area contributed by atoms with Crippen molar-refractivity contribution in [2.24, 2.45) is 0 Å². The summed E-state index contributed by atoms with van der Waals surface area (Å²) in [6, 6.07) is 8.30. The predicted molar refractivity (Wildman–Crippen MR) is 58.7 cm³/mol. The molecule has 0 aliphatic carbocycles. The zero-order chi connectivity index (χ0) is 12.7. The van der Waals surface area contributed by atoms with Crippen molar-refractivity contribution >= 4 is 17.8 Å². The van der Waals surface area contributed by atoms with E-state index in [1.807, 2.05) is 0 Å². The van der Waals surface area contributed by atoms with Crippen molar-refractivity contribution in [3.63, 3.8) is 0 Å². The summed E-state index contributed by atoms with van der Waals surface area (Å²) >= 11 is 0. The van der Waals surface area contributed by atoms with Gasteiger partial charge in [0, 0.05) is 6.92 Å². The van der Waals surface area contributed by atoms with Crippen molar-refractivity contribution in [3.05, 3.63) is 35.9 Å². The maximum absolute atomic E-state index is 11.4. The molecule has 0 saturated carbocycles. The maximum Gasteiger partial charge on any atom is 0.338 e. The molecule has 0 heterocycles. The summed E-state index contributed by atoms with van der Waals surface area (Å²) < 4.78 is 4.72. The first kappa shape index (κ1) is 12.7. The second-order valence-corrected chi connectivity index (χ2v) is 3.17. The Hall–Kier alpha value is -2.37. The fraction of sp³-hybridized carbons (Fsp3) is 0.182. The molecule has 2 N–H and O–H groups in total. The Labute approximate surface area is 97.9 Å². The largest absolute Gasteiger partial charge is 0.452 e. The van der Waals surface area contributed by atoms with Crippen LogP contribution in [0.5, 0.6) is 0 Å². The summed E-state index contributed by atoms with van der Waals surface area (Å²) in [7, 11) is 0. The molecule has 0 bridgehead atoms. The van der Waals surface area contributed by atoms with Gasteiger partial charge in [0.05, 0.1) is 5.56 Å². The number of carbonyl (C=O) groups excluding carboxylic acids is 3. The smallest absolute Gasteiger partial charge is 0.338 e. The first-order valence-corrected chi connectivity index (χ1v) is 4.87. The Kier molecular flexibility index (Phi) is 4.68. The zero-order valence-corrected chi connectivity index (χ0v) is 9.23. The van der Waals surface area contributed by atoms with Crippen LogP contribution in [0, 0.1) is 0 Å². The van der Waals surface area contributed by atoms with Crippen molar-refractivity contribution < 1.29 is 19.1 Å². The van der Waals surface area contributed by atoms with Crippen LogP contribution in [-0.4, -0.2) is 24.4 Å². The van der Waals surface area contributed by atoms with Gasteiger partial charge >= 0.3 is 5.97 Å². The summed E-state index contributed by atoms with van der Waals surface area (Å²) in [4.78, 5) is 33.0. The van der Waals surface area contributed by atoms with E-state index in [0.29, 0.717) is 5.56 Å². The topological polar surface area (TPSA) is 84.5 Å². The number of hydrogen-bond donors (Lipinski definition) is 2. The SMILES string of the molecule is CC(=O)NNC(=O)COC(=O)c1ccccc1. The van der Waals surface area contributed by atoms with Crippen molar-refractivity contribution in [1.82, 2.24) is 10.9 Å². The number of amides is 2. The number of ether oxygens (including phenoxy) is 1. The predicted octanol–water partition coefficient (Wildman–Crippen LogP) is 0.0107. The molecular formula is C11H12N2O4. The fourth-order valence-corrected chi connectivity index (χ4v) is 0.982. The lowest BCUT2D eigenvalue weighted by Gasteiger charge is -2.06. The number of hydrazine groups is 1. The quantitative estimate of drug-likeness (QED) is 0.572. The molecule has 0 unspecified atom stereocenters. The third-order valence-electron chi connectivity index (χ3n) is 1.72. The van der Waals surface area contributed by atoms with Crippen molar-refractivity contribution in [2.75, 3.05) is 6.61 Å². The minimum Gasteiger partial charge on any atom is -0.452 e. The summed E-state index contributed by atoms with van der Waals surface area (Å²) in [5.74, 6) is -1.61. The molecule has 17 heavy (non-hydrogen) atoms. The summed E-state index contributed by atoms with van der Waals surface area (Å²) in [6.07, 6.45) is 0. The molecule has 6 heteroatoms. The van der Waals surface area contributed by atoms with E-state index in [9.17, 15) is 14.4 Å². The third kappa shape index (κ3) is 4.78. The molecule has 0 fully saturated rings. The van der Waals surface area contributed by atoms with Crippen LogP contribution in [0.3, 0.4) is 0 Å². The molecule has 1 aromatic rings. The standard InChI is InChI=1S/C11H12N2O4/c1-8(14)12-13-10(15)7-17-11(16)9-5-3-2-4-6-9/h2-6H,7H2,1H3,(H,12,14)(H,13,15). The lowest BCUT2D eigenvalue weighted by Crippen LogP contribution is -2.42. The van der Waals surface area contributed by atoms with E-state index in [1.54, 1.807) is 30.3 Å². The molecule has 0 atom stereocenters. The van der Waals surface area contributed by atoms with E-state index >= 15 is 0 Å². The Bertz CT molecular complexity index is 417. The van der Waals surface area contributed by atoms with Gasteiger partial charge in [-0.05, 0) is 12.1 Å². The first-order valence-electron chi connectivity index (χ1n) is 4.87. The summed E-state index contributed by atoms with van der Waals surface area (Å²) in [5.41, 5.74) is 4.51. The monoisotopic (exact) mass is 236 g/mol. The van der Waals surface area contributed by atoms with Gasteiger partial charge in [-0.3, -0.25) is 20.4 Å². The van der Waals surface area contributed by atoms with Crippen molar-refractivity contribution in [1.29, 1.82) is 0 Å². The summed E-state index contributed by atoms with van der Waals surface area (Å²) in [6.45, 7) is 0.796. The first-order chi connectivity index (χ1) is 8.09. The van der Waals surface area contributed by atoms with E-state index in [2.05, 4.69) is 10.9 Å². The maximum atomic E-state index is 11.4. The number of rotatable bonds is 3. The number of carbonyl (C=O) groups is 3. The molecule has 0 aliphatic heterocycles. The Balaban J connectivity index is 2.34. The third-order valence-corrected chi connectivity index (χ3v) is 1.72. The average Bonchev–Trinajstić information content (AvgIpc) is 2.34. The molecule has 90 valence electrons. The molecule has 1 aromatic carbocycles. The van der Waals surface area contributed by atoms with Gasteiger partial charge in [0.25, 0.3) is 5.91 Å². The highest BCUT2D eigenvalue weighted by atomic mass is 16.5. The lowest BCUT2D eigenvalue weighted by atomic mass is 10.2. The van der Waals surface area contributed by atoms with Crippen LogP contribution in [-0.2, 0) is 14.3 Å². The number of esters is 1. The minimum atomic E-state index is -0.607. The number of nitrogens with one attached hydrogen (secondary N) is 2. The van der Waals surface area contributed by atoms with E-state index in [0.717, 1.165) is 0 Å². The molecule has 0 aromatic heterocycles. The van der Waals surface area contributed by atoms with E-state index in [4.69, 9.17) is 4.74 Å². The number of benzene rings is 1. The molecule has 0 radical (unpaired) electrons. The second kappa shape index (κ2) is 6.26. The molecule has 0 saturated heterocycles. The van der Waals surface area contributed by atoms with Gasteiger partial charge in [-0.2, -0.15) is 0 Å². The Morgan fingerprint density at radius 1 is 1.12 bits per heavy atom. The van der Waals surface area contributed by atoms with Gasteiger partial charge in [-0.25, -0.2) is 4.79 Å². The Morgan fingerprint density at radius 3 is 2.35 bits per heavy atom. The Morgan fingerprint density at radius 2 is 1.76 bits per heavy atom. The highest BCUT2D eigenvalue weighted by Crippen LogP contribution is 2.00. The molecule has 2 amide bonds. The van der Waals surface area contributed by atoms with E-state index in [-0.39, 0.29) is 0 Å². The molecule has 1 rings (SSSR count). The van der Waals surface area contributed by atoms with Gasteiger partial charge in [0.1, 0.15) is 0 Å². The highest BCUT2D eigenvalue weighted by Gasteiger charge is 2.09. The van der Waals surface area contributed by atoms with Crippen LogP contribution in [0.4, 0.5) is 0 Å². The van der Waals surface area contributed by atoms with E-state index < -0.39 is 24.4 Å². The van der Waals surface area contributed by atoms with E-state index in [1.165, 1.54) is 6.92 Å². The van der Waals surface area contributed by atoms with Crippen LogP contribution in [0.1, 0.15) is 17.3 Å². The normalized spacial score (nSPS) is 9.24. The van der Waals surface area contributed by atoms with Gasteiger partial charge in [-0.1, -0.05) is 18.2 Å². The van der Waals surface area contributed by atoms with Crippen LogP contribution in [0.15, 0.2) is 30.3 Å². The van der Waals surface area contributed by atoms with Crippen LogP contribution < -0.4 is 10.9 Å². The average molecular weight is 236 g/mol. The van der Waals surface area contributed by atoms with Gasteiger partial charge in [-0.15, -0.1) is 0 Å². The van der Waals surface area contributed by atoms with Crippen molar-refractivity contribution in [3.8, 4) is 0 Å². The fourth-order valence-electron chi connectivity index (χ4n) is 0.982. The molecule has 0 aliphatic rings. The zero-order valence-electron chi connectivity index (χ0n) is 9.23. The minimum absolute atomic E-state index is 0.361. The summed E-state index contributed by atoms with van der Waals surface area (Å²) in [5, 5.41) is 0. The van der Waals surface area contributed by atoms with Crippen LogP contribution in [0.25, 0.3) is 0 Å².